The lowest BCUT2D eigenvalue weighted by Gasteiger charge is -2.19. The first-order chi connectivity index (χ1) is 6.89. The molecule has 1 atom stereocenters. The molecule has 0 aromatic heterocycles. The van der Waals surface area contributed by atoms with Gasteiger partial charge in [-0.05, 0) is 29.0 Å². The van der Waals surface area contributed by atoms with Crippen LogP contribution in [0.15, 0.2) is 18.2 Å². The van der Waals surface area contributed by atoms with Crippen LogP contribution in [0.4, 0.5) is 0 Å². The molecule has 0 amide bonds. The summed E-state index contributed by atoms with van der Waals surface area (Å²) in [5, 5.41) is 0. The van der Waals surface area contributed by atoms with E-state index < -0.39 is 0 Å². The summed E-state index contributed by atoms with van der Waals surface area (Å²) < 4.78 is 0. The summed E-state index contributed by atoms with van der Waals surface area (Å²) in [7, 11) is 0. The van der Waals surface area contributed by atoms with Crippen LogP contribution in [-0.2, 0) is 11.8 Å². The first-order valence-electron chi connectivity index (χ1n) is 5.33. The fraction of sp³-hybridized carbons (Fsp3) is 0.462. The van der Waals surface area contributed by atoms with E-state index in [0.717, 1.165) is 11.1 Å². The summed E-state index contributed by atoms with van der Waals surface area (Å²) >= 11 is 0. The highest BCUT2D eigenvalue weighted by molar-refractivity contribution is 6.04. The Balaban J connectivity index is 2.49. The van der Waals surface area contributed by atoms with Crippen molar-refractivity contribution in [3.05, 3.63) is 34.9 Å². The van der Waals surface area contributed by atoms with Gasteiger partial charge in [-0.15, -0.1) is 0 Å². The van der Waals surface area contributed by atoms with E-state index in [1.54, 1.807) is 0 Å². The maximum absolute atomic E-state index is 11.8. The largest absolute Gasteiger partial charge is 0.321 e. The van der Waals surface area contributed by atoms with Crippen LogP contribution in [0.3, 0.4) is 0 Å². The van der Waals surface area contributed by atoms with Crippen molar-refractivity contribution in [3.8, 4) is 0 Å². The highest BCUT2D eigenvalue weighted by Crippen LogP contribution is 2.28. The van der Waals surface area contributed by atoms with E-state index >= 15 is 0 Å². The van der Waals surface area contributed by atoms with Crippen molar-refractivity contribution in [3.63, 3.8) is 0 Å². The summed E-state index contributed by atoms with van der Waals surface area (Å²) in [6.07, 6.45) is 0.693. The van der Waals surface area contributed by atoms with Gasteiger partial charge in [0.15, 0.2) is 5.78 Å². The minimum Gasteiger partial charge on any atom is -0.321 e. The molecular formula is C13H17NO. The molecule has 1 aromatic rings. The number of carbonyl (C=O) groups excluding carboxylic acids is 1. The number of nitrogens with two attached hydrogens (primary N) is 1. The average molecular weight is 203 g/mol. The van der Waals surface area contributed by atoms with E-state index in [1.165, 1.54) is 5.56 Å². The van der Waals surface area contributed by atoms with Gasteiger partial charge in [0.2, 0.25) is 0 Å². The van der Waals surface area contributed by atoms with Crippen LogP contribution in [0.1, 0.15) is 42.3 Å². The Hall–Kier alpha value is -1.15. The summed E-state index contributed by atoms with van der Waals surface area (Å²) in [5.74, 6) is 0.0936. The fourth-order valence-corrected chi connectivity index (χ4v) is 1.98. The number of hydrogen-bond acceptors (Lipinski definition) is 2. The van der Waals surface area contributed by atoms with Gasteiger partial charge in [-0.2, -0.15) is 0 Å². The first-order valence-corrected chi connectivity index (χ1v) is 5.33. The third kappa shape index (κ3) is 1.70. The van der Waals surface area contributed by atoms with E-state index in [4.69, 9.17) is 5.73 Å². The normalized spacial score (nSPS) is 20.5. The summed E-state index contributed by atoms with van der Waals surface area (Å²) in [5.41, 5.74) is 8.95. The van der Waals surface area contributed by atoms with E-state index in [1.807, 2.05) is 12.1 Å². The van der Waals surface area contributed by atoms with E-state index in [2.05, 4.69) is 26.8 Å². The number of hydrogen-bond donors (Lipinski definition) is 1. The zero-order valence-corrected chi connectivity index (χ0v) is 9.50. The lowest BCUT2D eigenvalue weighted by atomic mass is 9.85. The van der Waals surface area contributed by atoms with E-state index in [9.17, 15) is 4.79 Å². The topological polar surface area (TPSA) is 43.1 Å². The average Bonchev–Trinajstić information content (AvgIpc) is 2.41. The number of benzene rings is 1. The highest BCUT2D eigenvalue weighted by atomic mass is 16.1. The molecule has 2 nitrogen and oxygen atoms in total. The van der Waals surface area contributed by atoms with Gasteiger partial charge in [-0.1, -0.05) is 32.9 Å². The van der Waals surface area contributed by atoms with Crippen molar-refractivity contribution in [2.45, 2.75) is 38.6 Å². The molecular weight excluding hydrogens is 186 g/mol. The predicted molar refractivity (Wildman–Crippen MR) is 61.2 cm³/mol. The second kappa shape index (κ2) is 3.17. The van der Waals surface area contributed by atoms with E-state index in [0.29, 0.717) is 6.42 Å². The molecule has 1 aliphatic rings. The van der Waals surface area contributed by atoms with Crippen LogP contribution in [0.5, 0.6) is 0 Å². The number of fused-ring (bicyclic) bond motifs is 1. The van der Waals surface area contributed by atoms with Crippen LogP contribution in [-0.4, -0.2) is 11.8 Å². The third-order valence-electron chi connectivity index (χ3n) is 3.02. The van der Waals surface area contributed by atoms with Gasteiger partial charge in [-0.3, -0.25) is 4.79 Å². The molecule has 0 bridgehead atoms. The summed E-state index contributed by atoms with van der Waals surface area (Å²) in [6.45, 7) is 6.44. The molecule has 2 heteroatoms. The molecule has 15 heavy (non-hydrogen) atoms. The molecule has 1 unspecified atom stereocenters. The van der Waals surface area contributed by atoms with Crippen LogP contribution in [0, 0.1) is 0 Å². The van der Waals surface area contributed by atoms with Crippen molar-refractivity contribution < 1.29 is 4.79 Å². The van der Waals surface area contributed by atoms with Gasteiger partial charge >= 0.3 is 0 Å². The molecule has 0 fully saturated rings. The third-order valence-corrected chi connectivity index (χ3v) is 3.02. The second-order valence-corrected chi connectivity index (χ2v) is 5.30. The van der Waals surface area contributed by atoms with Crippen molar-refractivity contribution in [1.29, 1.82) is 0 Å². The Bertz CT molecular complexity index is 415. The molecule has 2 N–H and O–H groups in total. The monoisotopic (exact) mass is 203 g/mol. The van der Waals surface area contributed by atoms with Crippen molar-refractivity contribution in [2.24, 2.45) is 5.73 Å². The molecule has 0 heterocycles. The Morgan fingerprint density at radius 1 is 1.33 bits per heavy atom. The minimum atomic E-state index is -0.324. The number of carbonyl (C=O) groups is 1. The van der Waals surface area contributed by atoms with Crippen molar-refractivity contribution in [2.75, 3.05) is 0 Å². The molecule has 0 radical (unpaired) electrons. The van der Waals surface area contributed by atoms with Gasteiger partial charge in [0, 0.05) is 5.56 Å². The van der Waals surface area contributed by atoms with Crippen molar-refractivity contribution in [1.82, 2.24) is 0 Å². The minimum absolute atomic E-state index is 0.0853. The lowest BCUT2D eigenvalue weighted by molar-refractivity contribution is 0.0974. The number of Topliss-reactive ketones (excluding diaryl/α,β-unsaturated/α-hetero) is 1. The molecule has 1 aromatic carbocycles. The Morgan fingerprint density at radius 2 is 2.00 bits per heavy atom. The van der Waals surface area contributed by atoms with Crippen LogP contribution >= 0.6 is 0 Å². The van der Waals surface area contributed by atoms with Gasteiger partial charge in [0.1, 0.15) is 0 Å². The maximum atomic E-state index is 11.8. The quantitative estimate of drug-likeness (QED) is 0.701. The lowest BCUT2D eigenvalue weighted by Crippen LogP contribution is -2.26. The maximum Gasteiger partial charge on any atom is 0.180 e. The van der Waals surface area contributed by atoms with Gasteiger partial charge < -0.3 is 5.73 Å². The standard InChI is InChI=1S/C13H17NO/c1-13(2,3)9-5-4-8-6-11(14)12(15)10(8)7-9/h4-5,7,11H,6,14H2,1-3H3. The van der Waals surface area contributed by atoms with Crippen molar-refractivity contribution >= 4 is 5.78 Å². The summed E-state index contributed by atoms with van der Waals surface area (Å²) in [4.78, 5) is 11.8. The molecule has 0 spiro atoms. The zero-order chi connectivity index (χ0) is 11.2. The highest BCUT2D eigenvalue weighted by Gasteiger charge is 2.28. The Kier molecular flexibility index (Phi) is 2.19. The van der Waals surface area contributed by atoms with Crippen LogP contribution < -0.4 is 5.73 Å². The fourth-order valence-electron chi connectivity index (χ4n) is 1.98. The number of rotatable bonds is 0. The van der Waals surface area contributed by atoms with E-state index in [-0.39, 0.29) is 17.2 Å². The molecule has 0 aliphatic heterocycles. The van der Waals surface area contributed by atoms with Gasteiger partial charge in [0.05, 0.1) is 6.04 Å². The molecule has 2 rings (SSSR count). The molecule has 0 saturated carbocycles. The second-order valence-electron chi connectivity index (χ2n) is 5.30. The smallest absolute Gasteiger partial charge is 0.180 e. The van der Waals surface area contributed by atoms with Gasteiger partial charge in [-0.25, -0.2) is 0 Å². The van der Waals surface area contributed by atoms with Gasteiger partial charge in [0.25, 0.3) is 0 Å². The molecule has 0 saturated heterocycles. The molecule has 1 aliphatic carbocycles. The van der Waals surface area contributed by atoms with Crippen LogP contribution in [0.25, 0.3) is 0 Å². The Morgan fingerprint density at radius 3 is 2.60 bits per heavy atom. The zero-order valence-electron chi connectivity index (χ0n) is 9.50. The first kappa shape index (κ1) is 10.4. The predicted octanol–water partition coefficient (Wildman–Crippen LogP) is 2.05. The Labute approximate surface area is 90.5 Å². The summed E-state index contributed by atoms with van der Waals surface area (Å²) in [6, 6.07) is 5.82. The van der Waals surface area contributed by atoms with Crippen LogP contribution in [0.2, 0.25) is 0 Å². The molecule has 80 valence electrons. The number of ketones is 1. The SMILES string of the molecule is CC(C)(C)c1ccc2c(c1)C(=O)C(N)C2.